The molecule has 1 unspecified atom stereocenters. The third-order valence-electron chi connectivity index (χ3n) is 4.38. The predicted molar refractivity (Wildman–Crippen MR) is 101 cm³/mol. The van der Waals surface area contributed by atoms with Gasteiger partial charge in [-0.3, -0.25) is 4.99 Å². The van der Waals surface area contributed by atoms with Crippen LogP contribution in [0, 0.1) is 5.82 Å². The number of piperidine rings is 1. The topological polar surface area (TPSA) is 48.9 Å². The Morgan fingerprint density at radius 3 is 2.80 bits per heavy atom. The maximum atomic E-state index is 13.2. The highest BCUT2D eigenvalue weighted by Crippen LogP contribution is 2.13. The normalized spacial score (nSPS) is 18.0. The summed E-state index contributed by atoms with van der Waals surface area (Å²) in [6.45, 7) is 8.25. The van der Waals surface area contributed by atoms with E-state index in [1.165, 1.54) is 25.1 Å². The largest absolute Gasteiger partial charge is 0.489 e. The van der Waals surface area contributed by atoms with Crippen molar-refractivity contribution in [3.05, 3.63) is 30.1 Å². The molecule has 0 spiro atoms. The number of hydrogen-bond donors (Lipinski definition) is 2. The van der Waals surface area contributed by atoms with Crippen molar-refractivity contribution >= 4 is 5.96 Å². The van der Waals surface area contributed by atoms with Crippen LogP contribution >= 0.6 is 0 Å². The third kappa shape index (κ3) is 6.90. The maximum absolute atomic E-state index is 13.2. The van der Waals surface area contributed by atoms with Gasteiger partial charge in [0.1, 0.15) is 17.7 Å². The van der Waals surface area contributed by atoms with Gasteiger partial charge in [-0.25, -0.2) is 4.39 Å². The molecule has 1 aliphatic rings. The fraction of sp³-hybridized carbons (Fsp3) is 0.632. The first-order valence-electron chi connectivity index (χ1n) is 9.22. The highest BCUT2D eigenvalue weighted by molar-refractivity contribution is 5.80. The standard InChI is InChI=1S/C19H31FN4O/c1-4-10-24-11-8-17(9-12-24)23-19(21-3)22-14-15(2)25-18-7-5-6-16(20)13-18/h5-7,13,15,17H,4,8-12,14H2,1-3H3,(H2,21,22,23). The van der Waals surface area contributed by atoms with Gasteiger partial charge in [0.25, 0.3) is 0 Å². The Hall–Kier alpha value is -1.82. The van der Waals surface area contributed by atoms with Gasteiger partial charge in [0.2, 0.25) is 0 Å². The molecule has 5 nitrogen and oxygen atoms in total. The molecule has 0 aromatic heterocycles. The van der Waals surface area contributed by atoms with Gasteiger partial charge in [-0.15, -0.1) is 0 Å². The molecular weight excluding hydrogens is 319 g/mol. The quantitative estimate of drug-likeness (QED) is 0.586. The molecule has 0 aliphatic carbocycles. The van der Waals surface area contributed by atoms with Crippen molar-refractivity contribution in [1.29, 1.82) is 0 Å². The predicted octanol–water partition coefficient (Wildman–Crippen LogP) is 2.63. The third-order valence-corrected chi connectivity index (χ3v) is 4.38. The minimum atomic E-state index is -0.287. The molecule has 0 saturated carbocycles. The van der Waals surface area contributed by atoms with Crippen LogP contribution in [0.2, 0.25) is 0 Å². The van der Waals surface area contributed by atoms with Gasteiger partial charge in [0.15, 0.2) is 5.96 Å². The number of halogens is 1. The van der Waals surface area contributed by atoms with Crippen molar-refractivity contribution < 1.29 is 9.13 Å². The van der Waals surface area contributed by atoms with Crippen LogP contribution in [-0.2, 0) is 0 Å². The van der Waals surface area contributed by atoms with Crippen LogP contribution in [0.4, 0.5) is 4.39 Å². The number of rotatable bonds is 7. The van der Waals surface area contributed by atoms with Crippen molar-refractivity contribution in [3.63, 3.8) is 0 Å². The molecule has 0 bridgehead atoms. The number of nitrogens with one attached hydrogen (secondary N) is 2. The Morgan fingerprint density at radius 2 is 2.16 bits per heavy atom. The second kappa shape index (κ2) is 10.2. The maximum Gasteiger partial charge on any atom is 0.191 e. The van der Waals surface area contributed by atoms with Crippen molar-refractivity contribution in [2.75, 3.05) is 33.2 Å². The van der Waals surface area contributed by atoms with E-state index in [9.17, 15) is 4.39 Å². The van der Waals surface area contributed by atoms with E-state index in [1.807, 2.05) is 6.92 Å². The van der Waals surface area contributed by atoms with E-state index in [-0.39, 0.29) is 11.9 Å². The molecular formula is C19H31FN4O. The van der Waals surface area contributed by atoms with Crippen molar-refractivity contribution in [3.8, 4) is 5.75 Å². The van der Waals surface area contributed by atoms with Crippen LogP contribution in [0.25, 0.3) is 0 Å². The first-order valence-corrected chi connectivity index (χ1v) is 9.22. The minimum absolute atomic E-state index is 0.0910. The van der Waals surface area contributed by atoms with Crippen LogP contribution in [0.1, 0.15) is 33.1 Å². The second-order valence-electron chi connectivity index (χ2n) is 6.60. The van der Waals surface area contributed by atoms with Crippen LogP contribution in [0.3, 0.4) is 0 Å². The Balaban J connectivity index is 1.71. The summed E-state index contributed by atoms with van der Waals surface area (Å²) in [6, 6.07) is 6.67. The molecule has 1 aromatic rings. The Bertz CT molecular complexity index is 544. The van der Waals surface area contributed by atoms with E-state index < -0.39 is 0 Å². The monoisotopic (exact) mass is 350 g/mol. The average Bonchev–Trinajstić information content (AvgIpc) is 2.60. The average molecular weight is 350 g/mol. The number of likely N-dealkylation sites (tertiary alicyclic amines) is 1. The number of guanidine groups is 1. The molecule has 1 aliphatic heterocycles. The number of hydrogen-bond acceptors (Lipinski definition) is 3. The van der Waals surface area contributed by atoms with Gasteiger partial charge in [0, 0.05) is 32.2 Å². The zero-order chi connectivity index (χ0) is 18.1. The zero-order valence-electron chi connectivity index (χ0n) is 15.6. The summed E-state index contributed by atoms with van der Waals surface area (Å²) < 4.78 is 18.9. The van der Waals surface area contributed by atoms with E-state index in [2.05, 4.69) is 27.4 Å². The molecule has 1 saturated heterocycles. The van der Waals surface area contributed by atoms with Gasteiger partial charge in [-0.05, 0) is 44.9 Å². The minimum Gasteiger partial charge on any atom is -0.489 e. The summed E-state index contributed by atoms with van der Waals surface area (Å²) in [6.07, 6.45) is 3.39. The summed E-state index contributed by atoms with van der Waals surface area (Å²) in [4.78, 5) is 6.81. The van der Waals surface area contributed by atoms with Crippen molar-refractivity contribution in [2.45, 2.75) is 45.3 Å². The van der Waals surface area contributed by atoms with Gasteiger partial charge < -0.3 is 20.3 Å². The van der Waals surface area contributed by atoms with E-state index in [0.29, 0.717) is 18.3 Å². The highest BCUT2D eigenvalue weighted by atomic mass is 19.1. The number of aliphatic imine (C=N–C) groups is 1. The van der Waals surface area contributed by atoms with E-state index in [4.69, 9.17) is 4.74 Å². The highest BCUT2D eigenvalue weighted by Gasteiger charge is 2.19. The lowest BCUT2D eigenvalue weighted by molar-refractivity contribution is 0.205. The first-order chi connectivity index (χ1) is 12.1. The summed E-state index contributed by atoms with van der Waals surface area (Å²) in [5.74, 6) is 1.05. The second-order valence-corrected chi connectivity index (χ2v) is 6.60. The van der Waals surface area contributed by atoms with Crippen molar-refractivity contribution in [1.82, 2.24) is 15.5 Å². The molecule has 1 heterocycles. The van der Waals surface area contributed by atoms with Crippen LogP contribution in [0.5, 0.6) is 5.75 Å². The fourth-order valence-corrected chi connectivity index (χ4v) is 3.06. The lowest BCUT2D eigenvalue weighted by atomic mass is 10.1. The number of benzene rings is 1. The SMILES string of the molecule is CCCN1CCC(NC(=NC)NCC(C)Oc2cccc(F)c2)CC1. The van der Waals surface area contributed by atoms with Gasteiger partial charge in [-0.2, -0.15) is 0 Å². The Morgan fingerprint density at radius 1 is 1.40 bits per heavy atom. The molecule has 2 rings (SSSR count). The molecule has 1 fully saturated rings. The molecule has 0 amide bonds. The van der Waals surface area contributed by atoms with Crippen molar-refractivity contribution in [2.24, 2.45) is 4.99 Å². The Labute approximate surface area is 150 Å². The van der Waals surface area contributed by atoms with Gasteiger partial charge in [-0.1, -0.05) is 13.0 Å². The summed E-state index contributed by atoms with van der Waals surface area (Å²) >= 11 is 0. The lowest BCUT2D eigenvalue weighted by Crippen LogP contribution is -2.50. The van der Waals surface area contributed by atoms with Crippen LogP contribution < -0.4 is 15.4 Å². The van der Waals surface area contributed by atoms with Crippen LogP contribution in [0.15, 0.2) is 29.3 Å². The zero-order valence-corrected chi connectivity index (χ0v) is 15.6. The fourth-order valence-electron chi connectivity index (χ4n) is 3.06. The molecule has 6 heteroatoms. The van der Waals surface area contributed by atoms with Gasteiger partial charge >= 0.3 is 0 Å². The smallest absolute Gasteiger partial charge is 0.191 e. The van der Waals surface area contributed by atoms with E-state index >= 15 is 0 Å². The van der Waals surface area contributed by atoms with Gasteiger partial charge in [0.05, 0.1) is 6.54 Å². The van der Waals surface area contributed by atoms with E-state index in [0.717, 1.165) is 31.9 Å². The molecule has 0 radical (unpaired) electrons. The van der Waals surface area contributed by atoms with Crippen LogP contribution in [-0.4, -0.2) is 56.2 Å². The Kier molecular flexibility index (Phi) is 7.98. The number of nitrogens with zero attached hydrogens (tertiary/aromatic N) is 2. The lowest BCUT2D eigenvalue weighted by Gasteiger charge is -2.33. The molecule has 1 aromatic carbocycles. The summed E-state index contributed by atoms with van der Waals surface area (Å²) in [7, 11) is 1.78. The van der Waals surface area contributed by atoms with E-state index in [1.54, 1.807) is 19.2 Å². The summed E-state index contributed by atoms with van der Waals surface area (Å²) in [5.41, 5.74) is 0. The molecule has 140 valence electrons. The molecule has 25 heavy (non-hydrogen) atoms. The molecule has 2 N–H and O–H groups in total. The first kappa shape index (κ1) is 19.5. The molecule has 1 atom stereocenters. The number of ether oxygens (including phenoxy) is 1. The summed E-state index contributed by atoms with van der Waals surface area (Å²) in [5, 5.41) is 6.79.